The van der Waals surface area contributed by atoms with Crippen LogP contribution in [0.25, 0.3) is 16.7 Å². The number of nitrogens with zero attached hydrogens (tertiary/aromatic N) is 3. The van der Waals surface area contributed by atoms with Gasteiger partial charge in [-0.15, -0.1) is 0 Å². The molecule has 0 atom stereocenters. The zero-order valence-corrected chi connectivity index (χ0v) is 20.6. The number of aromatic nitrogens is 3. The lowest BCUT2D eigenvalue weighted by molar-refractivity contribution is 0.102. The minimum absolute atomic E-state index is 0.102. The number of carbonyl (C=O) groups excluding carboxylic acids is 1. The van der Waals surface area contributed by atoms with Crippen LogP contribution in [0.3, 0.4) is 0 Å². The molecule has 0 spiro atoms. The van der Waals surface area contributed by atoms with Gasteiger partial charge in [0.15, 0.2) is 23.1 Å². The van der Waals surface area contributed by atoms with Gasteiger partial charge in [-0.25, -0.2) is 13.8 Å². The van der Waals surface area contributed by atoms with Crippen LogP contribution in [0.5, 0.6) is 23.1 Å². The Labute approximate surface area is 220 Å². The van der Waals surface area contributed by atoms with Gasteiger partial charge in [-0.2, -0.15) is 0 Å². The van der Waals surface area contributed by atoms with E-state index in [2.05, 4.69) is 15.3 Å². The van der Waals surface area contributed by atoms with E-state index in [1.54, 1.807) is 6.07 Å². The summed E-state index contributed by atoms with van der Waals surface area (Å²) in [5, 5.41) is 2.52. The van der Waals surface area contributed by atoms with Gasteiger partial charge in [0.1, 0.15) is 16.9 Å². The first-order chi connectivity index (χ1) is 18.9. The summed E-state index contributed by atoms with van der Waals surface area (Å²) < 4.78 is 45.7. The molecule has 9 nitrogen and oxygen atoms in total. The maximum absolute atomic E-state index is 15.0. The zero-order chi connectivity index (χ0) is 27.5. The summed E-state index contributed by atoms with van der Waals surface area (Å²) in [6, 6.07) is 15.1. The summed E-state index contributed by atoms with van der Waals surface area (Å²) in [5.41, 5.74) is 0.466. The van der Waals surface area contributed by atoms with Crippen molar-refractivity contribution in [2.45, 2.75) is 0 Å². The van der Waals surface area contributed by atoms with Gasteiger partial charge in [0.25, 0.3) is 17.3 Å². The van der Waals surface area contributed by atoms with E-state index in [0.29, 0.717) is 22.5 Å². The van der Waals surface area contributed by atoms with Gasteiger partial charge in [-0.05, 0) is 48.5 Å². The van der Waals surface area contributed by atoms with Gasteiger partial charge < -0.3 is 19.5 Å². The standard InChI is InChI=1S/C28H20F2N4O5/c1-37-24-15-21-25(33-27(24)38-2)23(11-12-31-21)39-22-10-7-17(14-20(22)30)32-26(35)19-4-3-13-34(28(19)36)18-8-5-16(29)6-9-18/h3-15H,1-2H3,(H,32,35). The fraction of sp³-hybridized carbons (Fsp3) is 0.0714. The van der Waals surface area contributed by atoms with Crippen LogP contribution in [0.2, 0.25) is 0 Å². The van der Waals surface area contributed by atoms with Crippen molar-refractivity contribution in [3.05, 3.63) is 107 Å². The predicted octanol–water partition coefficient (Wildman–Crippen LogP) is 5.12. The van der Waals surface area contributed by atoms with Crippen LogP contribution in [-0.4, -0.2) is 34.7 Å². The van der Waals surface area contributed by atoms with E-state index in [-0.39, 0.29) is 28.6 Å². The highest BCUT2D eigenvalue weighted by molar-refractivity contribution is 6.04. The SMILES string of the molecule is COc1cc2nccc(Oc3ccc(NC(=O)c4cccn(-c5ccc(F)cc5)c4=O)cc3F)c2nc1OC. The average molecular weight is 530 g/mol. The van der Waals surface area contributed by atoms with Crippen LogP contribution in [0.1, 0.15) is 10.4 Å². The molecule has 0 fully saturated rings. The van der Waals surface area contributed by atoms with E-state index in [1.165, 1.54) is 85.8 Å². The molecule has 0 radical (unpaired) electrons. The fourth-order valence-electron chi connectivity index (χ4n) is 3.84. The lowest BCUT2D eigenvalue weighted by atomic mass is 10.2. The first-order valence-electron chi connectivity index (χ1n) is 11.5. The number of carbonyl (C=O) groups is 1. The number of anilines is 1. The van der Waals surface area contributed by atoms with Crippen molar-refractivity contribution in [3.8, 4) is 28.8 Å². The topological polar surface area (TPSA) is 105 Å². The number of hydrogen-bond acceptors (Lipinski definition) is 7. The molecule has 11 heteroatoms. The Kier molecular flexibility index (Phi) is 6.87. The van der Waals surface area contributed by atoms with Crippen molar-refractivity contribution >= 4 is 22.6 Å². The molecular formula is C28H20F2N4O5. The Hall–Kier alpha value is -5.32. The molecular weight excluding hydrogens is 510 g/mol. The molecule has 0 aliphatic heterocycles. The van der Waals surface area contributed by atoms with Crippen LogP contribution < -0.4 is 25.1 Å². The molecule has 0 unspecified atom stereocenters. The van der Waals surface area contributed by atoms with E-state index < -0.39 is 23.1 Å². The molecule has 0 saturated heterocycles. The van der Waals surface area contributed by atoms with Crippen LogP contribution in [0, 0.1) is 11.6 Å². The maximum atomic E-state index is 15.0. The largest absolute Gasteiger partial charge is 0.491 e. The number of pyridine rings is 3. The summed E-state index contributed by atoms with van der Waals surface area (Å²) in [5.74, 6) is -1.28. The molecule has 196 valence electrons. The van der Waals surface area contributed by atoms with Gasteiger partial charge in [-0.3, -0.25) is 19.1 Å². The quantitative estimate of drug-likeness (QED) is 0.311. The number of amides is 1. The summed E-state index contributed by atoms with van der Waals surface area (Å²) >= 11 is 0. The summed E-state index contributed by atoms with van der Waals surface area (Å²) in [7, 11) is 2.91. The molecule has 0 saturated carbocycles. The average Bonchev–Trinajstić information content (AvgIpc) is 2.94. The van der Waals surface area contributed by atoms with Gasteiger partial charge in [0.05, 0.1) is 19.7 Å². The highest BCUT2D eigenvalue weighted by atomic mass is 19.1. The number of fused-ring (bicyclic) bond motifs is 1. The fourth-order valence-corrected chi connectivity index (χ4v) is 3.84. The Morgan fingerprint density at radius 1 is 0.923 bits per heavy atom. The number of rotatable bonds is 7. The van der Waals surface area contributed by atoms with E-state index in [4.69, 9.17) is 14.2 Å². The molecule has 0 aliphatic rings. The molecule has 1 N–H and O–H groups in total. The maximum Gasteiger partial charge on any atom is 0.267 e. The Balaban J connectivity index is 1.38. The highest BCUT2D eigenvalue weighted by Crippen LogP contribution is 2.35. The van der Waals surface area contributed by atoms with Crippen molar-refractivity contribution in [3.63, 3.8) is 0 Å². The van der Waals surface area contributed by atoms with Crippen molar-refractivity contribution in [1.82, 2.24) is 14.5 Å². The van der Waals surface area contributed by atoms with Crippen LogP contribution in [0.4, 0.5) is 14.5 Å². The normalized spacial score (nSPS) is 10.8. The van der Waals surface area contributed by atoms with E-state index in [0.717, 1.165) is 6.07 Å². The minimum Gasteiger partial charge on any atom is -0.491 e. The second-order valence-corrected chi connectivity index (χ2v) is 8.15. The monoisotopic (exact) mass is 530 g/mol. The molecule has 0 bridgehead atoms. The summed E-state index contributed by atoms with van der Waals surface area (Å²) in [6.45, 7) is 0. The third kappa shape index (κ3) is 5.10. The van der Waals surface area contributed by atoms with E-state index in [1.807, 2.05) is 0 Å². The van der Waals surface area contributed by atoms with Gasteiger partial charge in [0, 0.05) is 42.0 Å². The first kappa shape index (κ1) is 25.3. The smallest absolute Gasteiger partial charge is 0.267 e. The molecule has 3 heterocycles. The third-order valence-corrected chi connectivity index (χ3v) is 5.73. The third-order valence-electron chi connectivity index (χ3n) is 5.73. The lowest BCUT2D eigenvalue weighted by Crippen LogP contribution is -2.27. The molecule has 5 aromatic rings. The van der Waals surface area contributed by atoms with Gasteiger partial charge >= 0.3 is 0 Å². The van der Waals surface area contributed by atoms with Crippen molar-refractivity contribution in [2.75, 3.05) is 19.5 Å². The summed E-state index contributed by atoms with van der Waals surface area (Å²) in [4.78, 5) is 34.3. The van der Waals surface area contributed by atoms with Crippen LogP contribution in [0.15, 0.2) is 83.9 Å². The highest BCUT2D eigenvalue weighted by Gasteiger charge is 2.17. The number of benzene rings is 2. The molecule has 5 rings (SSSR count). The number of hydrogen-bond donors (Lipinski definition) is 1. The Morgan fingerprint density at radius 3 is 2.44 bits per heavy atom. The number of ether oxygens (including phenoxy) is 3. The van der Waals surface area contributed by atoms with Crippen molar-refractivity contribution in [1.29, 1.82) is 0 Å². The summed E-state index contributed by atoms with van der Waals surface area (Å²) in [6.07, 6.45) is 2.94. The first-order valence-corrected chi connectivity index (χ1v) is 11.5. The van der Waals surface area contributed by atoms with Crippen molar-refractivity contribution < 1.29 is 27.8 Å². The molecule has 2 aromatic carbocycles. The molecule has 0 aliphatic carbocycles. The van der Waals surface area contributed by atoms with Gasteiger partial charge in [-0.1, -0.05) is 0 Å². The second kappa shape index (κ2) is 10.6. The number of methoxy groups -OCH3 is 2. The molecule has 3 aromatic heterocycles. The van der Waals surface area contributed by atoms with Crippen LogP contribution in [-0.2, 0) is 0 Å². The Bertz CT molecular complexity index is 1760. The number of nitrogens with one attached hydrogen (secondary N) is 1. The van der Waals surface area contributed by atoms with Gasteiger partial charge in [0.2, 0.25) is 0 Å². The molecule has 1 amide bonds. The number of halogens is 2. The predicted molar refractivity (Wildman–Crippen MR) is 139 cm³/mol. The minimum atomic E-state index is -0.768. The Morgan fingerprint density at radius 2 is 1.72 bits per heavy atom. The zero-order valence-electron chi connectivity index (χ0n) is 20.6. The van der Waals surface area contributed by atoms with E-state index >= 15 is 0 Å². The second-order valence-electron chi connectivity index (χ2n) is 8.15. The molecule has 39 heavy (non-hydrogen) atoms. The lowest BCUT2D eigenvalue weighted by Gasteiger charge is -2.12. The van der Waals surface area contributed by atoms with Crippen molar-refractivity contribution in [2.24, 2.45) is 0 Å². The van der Waals surface area contributed by atoms with E-state index in [9.17, 15) is 18.4 Å². The van der Waals surface area contributed by atoms with Crippen LogP contribution >= 0.6 is 0 Å².